The minimum atomic E-state index is 0.505. The van der Waals surface area contributed by atoms with Gasteiger partial charge in [-0.2, -0.15) is 9.50 Å². The summed E-state index contributed by atoms with van der Waals surface area (Å²) in [7, 11) is 5.53. The smallest absolute Gasteiger partial charge is 0.286 e. The minimum Gasteiger partial charge on any atom is -0.485 e. The predicted octanol–water partition coefficient (Wildman–Crippen LogP) is 1.78. The Morgan fingerprint density at radius 3 is 2.67 bits per heavy atom. The number of nitrogens with one attached hydrogen (secondary N) is 2. The molecule has 0 unspecified atom stereocenters. The Kier molecular flexibility index (Phi) is 5.71. The molecule has 0 amide bonds. The SMILES string of the molecule is CN=C(NC)N/N=C\c1ccc(OCc2c[n+]3c(C)cccc3n2C)cc1. The lowest BCUT2D eigenvalue weighted by molar-refractivity contribution is -0.518. The first kappa shape index (κ1) is 18.4. The van der Waals surface area contributed by atoms with Crippen molar-refractivity contribution >= 4 is 17.8 Å². The Labute approximate surface area is 159 Å². The average molecular weight is 365 g/mol. The van der Waals surface area contributed by atoms with E-state index in [1.165, 1.54) is 5.69 Å². The number of nitrogens with zero attached hydrogens (tertiary/aromatic N) is 4. The van der Waals surface area contributed by atoms with Crippen LogP contribution in [0.4, 0.5) is 0 Å². The maximum Gasteiger partial charge on any atom is 0.286 e. The molecule has 2 aromatic heterocycles. The number of benzene rings is 1. The van der Waals surface area contributed by atoms with Crippen molar-refractivity contribution in [2.45, 2.75) is 13.5 Å². The normalized spacial score (nSPS) is 11.9. The molecule has 140 valence electrons. The van der Waals surface area contributed by atoms with Gasteiger partial charge in [-0.15, -0.1) is 0 Å². The molecule has 7 heteroatoms. The zero-order valence-electron chi connectivity index (χ0n) is 16.1. The molecule has 3 rings (SSSR count). The summed E-state index contributed by atoms with van der Waals surface area (Å²) in [4.78, 5) is 3.99. The number of imidazole rings is 1. The number of pyridine rings is 1. The van der Waals surface area contributed by atoms with Crippen molar-refractivity contribution in [3.63, 3.8) is 0 Å². The van der Waals surface area contributed by atoms with Crippen molar-refractivity contribution in [2.24, 2.45) is 17.1 Å². The number of guanidine groups is 1. The summed E-state index contributed by atoms with van der Waals surface area (Å²) >= 11 is 0. The summed E-state index contributed by atoms with van der Waals surface area (Å²) in [5.74, 6) is 1.42. The first-order valence-electron chi connectivity index (χ1n) is 8.74. The van der Waals surface area contributed by atoms with Gasteiger partial charge in [0.2, 0.25) is 5.96 Å². The summed E-state index contributed by atoms with van der Waals surface area (Å²) < 4.78 is 10.3. The molecule has 0 fully saturated rings. The van der Waals surface area contributed by atoms with Crippen molar-refractivity contribution in [3.05, 3.63) is 65.6 Å². The molecule has 0 bridgehead atoms. The number of hydrogen-bond donors (Lipinski definition) is 2. The summed E-state index contributed by atoms with van der Waals surface area (Å²) in [6, 6.07) is 14.1. The number of rotatable bonds is 5. The second-order valence-electron chi connectivity index (χ2n) is 6.12. The number of hydrazone groups is 1. The molecule has 27 heavy (non-hydrogen) atoms. The second kappa shape index (κ2) is 8.35. The molecule has 0 aliphatic carbocycles. The van der Waals surface area contributed by atoms with Crippen LogP contribution in [-0.4, -0.2) is 30.8 Å². The van der Waals surface area contributed by atoms with Gasteiger partial charge in [-0.1, -0.05) is 6.07 Å². The van der Waals surface area contributed by atoms with Crippen molar-refractivity contribution in [1.82, 2.24) is 15.3 Å². The highest BCUT2D eigenvalue weighted by Crippen LogP contribution is 2.14. The maximum atomic E-state index is 5.95. The second-order valence-corrected chi connectivity index (χ2v) is 6.12. The Bertz CT molecular complexity index is 972. The highest BCUT2D eigenvalue weighted by atomic mass is 16.5. The summed E-state index contributed by atoms with van der Waals surface area (Å²) in [6.45, 7) is 2.60. The van der Waals surface area contributed by atoms with E-state index in [0.29, 0.717) is 12.6 Å². The molecule has 3 aromatic rings. The number of aryl methyl sites for hydroxylation is 2. The van der Waals surface area contributed by atoms with Gasteiger partial charge >= 0.3 is 0 Å². The first-order valence-corrected chi connectivity index (χ1v) is 8.74. The zero-order chi connectivity index (χ0) is 19.2. The number of aliphatic imine (C=N–C) groups is 1. The van der Waals surface area contributed by atoms with E-state index < -0.39 is 0 Å². The number of aromatic nitrogens is 2. The summed E-state index contributed by atoms with van der Waals surface area (Å²) in [5, 5.41) is 7.03. The van der Waals surface area contributed by atoms with E-state index in [2.05, 4.69) is 68.2 Å². The van der Waals surface area contributed by atoms with Gasteiger partial charge in [0.25, 0.3) is 5.65 Å². The molecule has 0 spiro atoms. The van der Waals surface area contributed by atoms with Crippen molar-refractivity contribution < 1.29 is 9.14 Å². The third-order valence-electron chi connectivity index (χ3n) is 4.37. The quantitative estimate of drug-likeness (QED) is 0.313. The van der Waals surface area contributed by atoms with Crippen molar-refractivity contribution in [1.29, 1.82) is 0 Å². The first-order chi connectivity index (χ1) is 13.1. The highest BCUT2D eigenvalue weighted by Gasteiger charge is 2.15. The predicted molar refractivity (Wildman–Crippen MR) is 107 cm³/mol. The molecule has 1 aromatic carbocycles. The van der Waals surface area contributed by atoms with Crippen LogP contribution in [-0.2, 0) is 13.7 Å². The lowest BCUT2D eigenvalue weighted by Crippen LogP contribution is -2.30. The molecule has 7 nitrogen and oxygen atoms in total. The van der Waals surface area contributed by atoms with E-state index in [1.807, 2.05) is 24.3 Å². The maximum absolute atomic E-state index is 5.95. The molecule has 0 aliphatic rings. The molecule has 0 aliphatic heterocycles. The monoisotopic (exact) mass is 365 g/mol. The van der Waals surface area contributed by atoms with Crippen LogP contribution in [0.2, 0.25) is 0 Å². The van der Waals surface area contributed by atoms with Gasteiger partial charge in [0.05, 0.1) is 13.3 Å². The Balaban J connectivity index is 1.63. The molecule has 0 radical (unpaired) electrons. The van der Waals surface area contributed by atoms with E-state index >= 15 is 0 Å². The van der Waals surface area contributed by atoms with Crippen LogP contribution in [0.15, 0.2) is 58.8 Å². The number of hydrogen-bond acceptors (Lipinski definition) is 3. The molecule has 2 N–H and O–H groups in total. The lowest BCUT2D eigenvalue weighted by Gasteiger charge is -2.05. The van der Waals surface area contributed by atoms with Crippen LogP contribution in [0.3, 0.4) is 0 Å². The molecule has 0 atom stereocenters. The fourth-order valence-electron chi connectivity index (χ4n) is 2.77. The van der Waals surface area contributed by atoms with Crippen LogP contribution >= 0.6 is 0 Å². The standard InChI is InChI=1S/C20H25N6O/c1-15-6-5-7-19-25(4)17(13-26(15)19)14-27-18-10-8-16(9-11-18)12-23-24-20(21-2)22-3/h5-13H,14H2,1-4H3,(H2,21,22,24)/q+1/b23-12-. The van der Waals surface area contributed by atoms with E-state index in [9.17, 15) is 0 Å². The van der Waals surface area contributed by atoms with Crippen LogP contribution in [0, 0.1) is 6.92 Å². The molecule has 0 saturated carbocycles. The van der Waals surface area contributed by atoms with Gasteiger partial charge in [0, 0.05) is 20.2 Å². The highest BCUT2D eigenvalue weighted by molar-refractivity contribution is 5.83. The number of ether oxygens (including phenoxy) is 1. The minimum absolute atomic E-state index is 0.505. The molecule has 2 heterocycles. The molecule has 0 saturated heterocycles. The Morgan fingerprint density at radius 2 is 2.00 bits per heavy atom. The summed E-state index contributed by atoms with van der Waals surface area (Å²) in [6.07, 6.45) is 3.85. The lowest BCUT2D eigenvalue weighted by atomic mass is 10.2. The van der Waals surface area contributed by atoms with Gasteiger partial charge in [0.1, 0.15) is 17.6 Å². The number of fused-ring (bicyclic) bond motifs is 1. The van der Waals surface area contributed by atoms with Gasteiger partial charge < -0.3 is 10.1 Å². The van der Waals surface area contributed by atoms with Gasteiger partial charge in [0.15, 0.2) is 12.3 Å². The van der Waals surface area contributed by atoms with E-state index in [0.717, 1.165) is 22.7 Å². The molecular weight excluding hydrogens is 340 g/mol. The topological polar surface area (TPSA) is 67.0 Å². The van der Waals surface area contributed by atoms with Gasteiger partial charge in [-0.05, 0) is 42.8 Å². The van der Waals surface area contributed by atoms with E-state index in [-0.39, 0.29) is 0 Å². The van der Waals surface area contributed by atoms with Gasteiger partial charge in [-0.25, -0.2) is 9.99 Å². The van der Waals surface area contributed by atoms with E-state index in [1.54, 1.807) is 20.3 Å². The van der Waals surface area contributed by atoms with Crippen LogP contribution in [0.5, 0.6) is 5.75 Å². The fraction of sp³-hybridized carbons (Fsp3) is 0.250. The fourth-order valence-corrected chi connectivity index (χ4v) is 2.77. The summed E-state index contributed by atoms with van der Waals surface area (Å²) in [5.41, 5.74) is 7.24. The van der Waals surface area contributed by atoms with Crippen LogP contribution in [0.25, 0.3) is 5.65 Å². The Morgan fingerprint density at radius 1 is 1.22 bits per heavy atom. The van der Waals surface area contributed by atoms with E-state index in [4.69, 9.17) is 4.74 Å². The third-order valence-corrected chi connectivity index (χ3v) is 4.37. The van der Waals surface area contributed by atoms with Crippen molar-refractivity contribution in [2.75, 3.05) is 14.1 Å². The third kappa shape index (κ3) is 4.25. The zero-order valence-corrected chi connectivity index (χ0v) is 16.1. The molecular formula is C20H25N6O+. The van der Waals surface area contributed by atoms with Crippen LogP contribution in [0.1, 0.15) is 17.0 Å². The average Bonchev–Trinajstić information content (AvgIpc) is 3.02. The van der Waals surface area contributed by atoms with Crippen LogP contribution < -0.4 is 19.9 Å². The van der Waals surface area contributed by atoms with Gasteiger partial charge in [-0.3, -0.25) is 4.99 Å². The largest absolute Gasteiger partial charge is 0.485 e. The van der Waals surface area contributed by atoms with Crippen molar-refractivity contribution in [3.8, 4) is 5.75 Å². The Hall–Kier alpha value is -3.35.